The maximum absolute atomic E-state index is 11.6. The van der Waals surface area contributed by atoms with E-state index in [0.717, 1.165) is 11.8 Å². The maximum atomic E-state index is 11.6. The fourth-order valence-electron chi connectivity index (χ4n) is 0.935. The van der Waals surface area contributed by atoms with Crippen LogP contribution in [0.4, 0.5) is 0 Å². The highest BCUT2D eigenvalue weighted by Gasteiger charge is 2.11. The molecule has 0 atom stereocenters. The smallest absolute Gasteiger partial charge is 0.299 e. The van der Waals surface area contributed by atoms with Gasteiger partial charge in [-0.05, 0) is 19.1 Å². The van der Waals surface area contributed by atoms with Gasteiger partial charge in [-0.25, -0.2) is 0 Å². The van der Waals surface area contributed by atoms with E-state index in [1.807, 2.05) is 6.92 Å². The molecule has 0 unspecified atom stereocenters. The third kappa shape index (κ3) is 3.47. The summed E-state index contributed by atoms with van der Waals surface area (Å²) in [6.07, 6.45) is 2.39. The Morgan fingerprint density at radius 3 is 2.44 bits per heavy atom. The van der Waals surface area contributed by atoms with Crippen molar-refractivity contribution in [2.75, 3.05) is 7.11 Å². The van der Waals surface area contributed by atoms with Crippen LogP contribution in [0.15, 0.2) is 51.3 Å². The summed E-state index contributed by atoms with van der Waals surface area (Å²) < 4.78 is 30.9. The van der Waals surface area contributed by atoms with Crippen molar-refractivity contribution in [3.63, 3.8) is 0 Å². The second-order valence-electron chi connectivity index (χ2n) is 3.01. The molecule has 0 aliphatic carbocycles. The van der Waals surface area contributed by atoms with Crippen LogP contribution in [0.25, 0.3) is 0 Å². The van der Waals surface area contributed by atoms with Crippen molar-refractivity contribution in [1.82, 2.24) is 0 Å². The first-order valence-corrected chi connectivity index (χ1v) is 5.92. The molecule has 1 rings (SSSR count). The fourth-order valence-corrected chi connectivity index (χ4v) is 1.69. The van der Waals surface area contributed by atoms with Crippen LogP contribution in [0, 0.1) is 6.92 Å². The molecule has 0 saturated carbocycles. The standard InChI is InChI=1S/C10H12N2O3S/c1-9-3-5-10(6-4-9)16(13,14)12-11-7-8-15-2/h3-8H,1-2H3. The Bertz CT molecular complexity index is 489. The monoisotopic (exact) mass is 240 g/mol. The third-order valence-corrected chi connectivity index (χ3v) is 2.91. The van der Waals surface area contributed by atoms with Gasteiger partial charge < -0.3 is 4.74 Å². The lowest BCUT2D eigenvalue weighted by molar-refractivity contribution is 0.337. The largest absolute Gasteiger partial charge is 0.503 e. The predicted molar refractivity (Wildman–Crippen MR) is 59.4 cm³/mol. The molecule has 86 valence electrons. The van der Waals surface area contributed by atoms with Crippen LogP contribution in [0.2, 0.25) is 0 Å². The number of sulfonamides is 1. The summed E-state index contributed by atoms with van der Waals surface area (Å²) in [5.41, 5.74) is 0.982. The highest BCUT2D eigenvalue weighted by molar-refractivity contribution is 7.90. The lowest BCUT2D eigenvalue weighted by Crippen LogP contribution is -1.95. The summed E-state index contributed by atoms with van der Waals surface area (Å²) in [5, 5.41) is 3.36. The normalized spacial score (nSPS) is 12.4. The minimum atomic E-state index is -3.71. The van der Waals surface area contributed by atoms with Crippen molar-refractivity contribution in [3.8, 4) is 0 Å². The van der Waals surface area contributed by atoms with Crippen LogP contribution in [0.3, 0.4) is 0 Å². The van der Waals surface area contributed by atoms with Gasteiger partial charge in [0.2, 0.25) is 0 Å². The summed E-state index contributed by atoms with van der Waals surface area (Å²) >= 11 is 0. The van der Waals surface area contributed by atoms with Crippen LogP contribution >= 0.6 is 0 Å². The van der Waals surface area contributed by atoms with E-state index in [0.29, 0.717) is 0 Å². The molecule has 16 heavy (non-hydrogen) atoms. The SMILES string of the molecule is COC=CN=NS(=O)(=O)c1ccc(C)cc1. The Balaban J connectivity index is 2.90. The van der Waals surface area contributed by atoms with E-state index in [2.05, 4.69) is 14.4 Å². The van der Waals surface area contributed by atoms with Crippen LogP contribution < -0.4 is 0 Å². The molecule has 0 aliphatic heterocycles. The lowest BCUT2D eigenvalue weighted by Gasteiger charge is -1.97. The van der Waals surface area contributed by atoms with Gasteiger partial charge in [0, 0.05) is 0 Å². The first kappa shape index (κ1) is 12.4. The van der Waals surface area contributed by atoms with Crippen LogP contribution in [0.1, 0.15) is 5.56 Å². The topological polar surface area (TPSA) is 68.1 Å². The first-order valence-electron chi connectivity index (χ1n) is 4.48. The Kier molecular flexibility index (Phi) is 4.19. The van der Waals surface area contributed by atoms with Crippen LogP contribution in [-0.4, -0.2) is 15.5 Å². The molecular formula is C10H12N2O3S. The van der Waals surface area contributed by atoms with Gasteiger partial charge in [0.05, 0.1) is 18.2 Å². The van der Waals surface area contributed by atoms with Crippen molar-refractivity contribution < 1.29 is 13.2 Å². The van der Waals surface area contributed by atoms with E-state index in [-0.39, 0.29) is 4.90 Å². The van der Waals surface area contributed by atoms with Gasteiger partial charge in [0.25, 0.3) is 10.0 Å². The van der Waals surface area contributed by atoms with E-state index in [4.69, 9.17) is 0 Å². The lowest BCUT2D eigenvalue weighted by atomic mass is 10.2. The molecule has 0 N–H and O–H groups in total. The van der Waals surface area contributed by atoms with Crippen molar-refractivity contribution in [3.05, 3.63) is 42.3 Å². The van der Waals surface area contributed by atoms with Crippen LogP contribution in [0.5, 0.6) is 0 Å². The van der Waals surface area contributed by atoms with Crippen molar-refractivity contribution in [2.24, 2.45) is 9.63 Å². The second-order valence-corrected chi connectivity index (χ2v) is 4.59. The van der Waals surface area contributed by atoms with Gasteiger partial charge in [-0.1, -0.05) is 22.2 Å². The molecule has 0 amide bonds. The number of benzene rings is 1. The summed E-state index contributed by atoms with van der Waals surface area (Å²) in [4.78, 5) is 0.118. The zero-order valence-corrected chi connectivity index (χ0v) is 9.81. The van der Waals surface area contributed by atoms with Gasteiger partial charge in [-0.3, -0.25) is 0 Å². The molecule has 0 aromatic heterocycles. The van der Waals surface area contributed by atoms with Crippen molar-refractivity contribution in [1.29, 1.82) is 0 Å². The number of ether oxygens (including phenoxy) is 1. The number of methoxy groups -OCH3 is 1. The quantitative estimate of drug-likeness (QED) is 0.598. The van der Waals surface area contributed by atoms with Crippen molar-refractivity contribution in [2.45, 2.75) is 11.8 Å². The van der Waals surface area contributed by atoms with Gasteiger partial charge in [0.15, 0.2) is 0 Å². The Labute approximate surface area is 94.5 Å². The minimum Gasteiger partial charge on any atom is -0.503 e. The number of nitrogens with zero attached hydrogens (tertiary/aromatic N) is 2. The first-order chi connectivity index (χ1) is 7.56. The summed E-state index contributed by atoms with van der Waals surface area (Å²) in [6, 6.07) is 6.38. The third-order valence-electron chi connectivity index (χ3n) is 1.74. The zero-order chi connectivity index (χ0) is 12.0. The van der Waals surface area contributed by atoms with Gasteiger partial charge >= 0.3 is 0 Å². The summed E-state index contributed by atoms with van der Waals surface area (Å²) in [6.45, 7) is 1.87. The Morgan fingerprint density at radius 1 is 1.25 bits per heavy atom. The molecule has 0 aliphatic rings. The van der Waals surface area contributed by atoms with Gasteiger partial charge in [-0.15, -0.1) is 5.11 Å². The molecule has 1 aromatic rings. The molecule has 0 spiro atoms. The van der Waals surface area contributed by atoms with Gasteiger partial charge in [0.1, 0.15) is 6.26 Å². The van der Waals surface area contributed by atoms with E-state index in [9.17, 15) is 8.42 Å². The molecule has 0 radical (unpaired) electrons. The molecular weight excluding hydrogens is 228 g/mol. The Hall–Kier alpha value is -1.69. The predicted octanol–water partition coefficient (Wildman–Crippen LogP) is 2.25. The molecule has 0 heterocycles. The van der Waals surface area contributed by atoms with Gasteiger partial charge in [-0.2, -0.15) is 8.42 Å². The molecule has 5 nitrogen and oxygen atoms in total. The van der Waals surface area contributed by atoms with E-state index >= 15 is 0 Å². The number of hydrogen-bond donors (Lipinski definition) is 0. The second kappa shape index (κ2) is 5.41. The molecule has 1 aromatic carbocycles. The molecule has 6 heteroatoms. The Morgan fingerprint density at radius 2 is 1.88 bits per heavy atom. The zero-order valence-electron chi connectivity index (χ0n) is 8.99. The highest BCUT2D eigenvalue weighted by Crippen LogP contribution is 2.13. The minimum absolute atomic E-state index is 0.118. The fraction of sp³-hybridized carbons (Fsp3) is 0.200. The number of rotatable bonds is 4. The van der Waals surface area contributed by atoms with Crippen LogP contribution in [-0.2, 0) is 14.8 Å². The molecule has 0 bridgehead atoms. The van der Waals surface area contributed by atoms with Crippen molar-refractivity contribution >= 4 is 10.0 Å². The number of aryl methyl sites for hydroxylation is 1. The molecule has 0 saturated heterocycles. The van der Waals surface area contributed by atoms with E-state index < -0.39 is 10.0 Å². The average molecular weight is 240 g/mol. The van der Waals surface area contributed by atoms with E-state index in [1.54, 1.807) is 12.1 Å². The van der Waals surface area contributed by atoms with E-state index in [1.165, 1.54) is 25.5 Å². The summed E-state index contributed by atoms with van der Waals surface area (Å²) in [7, 11) is -2.27. The maximum Gasteiger partial charge on any atom is 0.299 e. The molecule has 0 fully saturated rings. The highest BCUT2D eigenvalue weighted by atomic mass is 32.2. The number of hydrogen-bond acceptors (Lipinski definition) is 4. The average Bonchev–Trinajstić information content (AvgIpc) is 2.25. The summed E-state index contributed by atoms with van der Waals surface area (Å²) in [5.74, 6) is 0.